The van der Waals surface area contributed by atoms with Crippen molar-refractivity contribution in [2.45, 2.75) is 24.8 Å². The molecule has 0 saturated carbocycles. The molecule has 3 aliphatic rings. The molecule has 1 atom stereocenters. The van der Waals surface area contributed by atoms with Crippen LogP contribution in [0.25, 0.3) is 32.9 Å². The minimum atomic E-state index is -0.670. The molecule has 8 nitrogen and oxygen atoms in total. The number of terminal acetylenes is 1. The van der Waals surface area contributed by atoms with Crippen LogP contribution in [0.5, 0.6) is 6.01 Å². The van der Waals surface area contributed by atoms with Crippen LogP contribution in [0, 0.1) is 35.4 Å². The molecular weight excluding hydrogens is 548 g/mol. The van der Waals surface area contributed by atoms with Gasteiger partial charge in [-0.2, -0.15) is 15.2 Å². The van der Waals surface area contributed by atoms with E-state index in [4.69, 9.17) is 16.1 Å². The number of rotatable bonds is 5. The standard InChI is InChI=1S/C33H29F2N7O/c1-3-23-26(34)9-8-22-6-4-7-24(27(22)23)29-28(35)30-25(17-37-29)31(41-14-12-40(20-36)13-15-41)39-32(38-30)43-19-33-10-5-11-42(33)18-21(2)16-33/h1,4,6-9,17H,2,5,10-16,18-19H2. The summed E-state index contributed by atoms with van der Waals surface area (Å²) in [7, 11) is 0. The predicted octanol–water partition coefficient (Wildman–Crippen LogP) is 4.88. The molecule has 7 rings (SSSR count). The van der Waals surface area contributed by atoms with E-state index in [1.165, 1.54) is 11.6 Å². The lowest BCUT2D eigenvalue weighted by atomic mass is 9.94. The van der Waals surface area contributed by atoms with E-state index in [2.05, 4.69) is 33.6 Å². The number of benzene rings is 2. The molecule has 10 heteroatoms. The van der Waals surface area contributed by atoms with Gasteiger partial charge >= 0.3 is 6.01 Å². The van der Waals surface area contributed by atoms with Crippen molar-refractivity contribution in [1.82, 2.24) is 24.8 Å². The van der Waals surface area contributed by atoms with Crippen molar-refractivity contribution in [2.24, 2.45) is 0 Å². The lowest BCUT2D eigenvalue weighted by Gasteiger charge is -2.33. The lowest BCUT2D eigenvalue weighted by Crippen LogP contribution is -2.45. The summed E-state index contributed by atoms with van der Waals surface area (Å²) >= 11 is 0. The van der Waals surface area contributed by atoms with Gasteiger partial charge in [-0.3, -0.25) is 9.88 Å². The summed E-state index contributed by atoms with van der Waals surface area (Å²) in [4.78, 5) is 20.0. The maximum atomic E-state index is 16.6. The van der Waals surface area contributed by atoms with E-state index >= 15 is 4.39 Å². The highest BCUT2D eigenvalue weighted by molar-refractivity contribution is 6.02. The van der Waals surface area contributed by atoms with Gasteiger partial charge in [0.2, 0.25) is 0 Å². The summed E-state index contributed by atoms with van der Waals surface area (Å²) in [6, 6.07) is 8.25. The Balaban J connectivity index is 1.35. The SMILES string of the molecule is C#Cc1c(F)ccc2cccc(-c3ncc4c(N5CCN(C#N)CC5)nc(OCC56CCCN5CC(=C)C6)nc4c3F)c12. The van der Waals surface area contributed by atoms with Gasteiger partial charge < -0.3 is 14.5 Å². The second-order valence-electron chi connectivity index (χ2n) is 11.5. The van der Waals surface area contributed by atoms with Crippen molar-refractivity contribution in [2.75, 3.05) is 50.8 Å². The highest BCUT2D eigenvalue weighted by Crippen LogP contribution is 2.41. The van der Waals surface area contributed by atoms with Gasteiger partial charge in [-0.15, -0.1) is 6.42 Å². The van der Waals surface area contributed by atoms with Crippen LogP contribution >= 0.6 is 0 Å². The summed E-state index contributed by atoms with van der Waals surface area (Å²) in [5.74, 6) is 1.69. The fourth-order valence-electron chi connectivity index (χ4n) is 6.87. The molecule has 4 aromatic rings. The molecule has 3 aliphatic heterocycles. The Morgan fingerprint density at radius 2 is 1.93 bits per heavy atom. The van der Waals surface area contributed by atoms with Gasteiger partial charge in [-0.1, -0.05) is 42.3 Å². The molecule has 5 heterocycles. The number of piperazine rings is 1. The molecule has 0 bridgehead atoms. The number of fused-ring (bicyclic) bond motifs is 3. The fourth-order valence-corrected chi connectivity index (χ4v) is 6.87. The van der Waals surface area contributed by atoms with Crippen LogP contribution in [0.2, 0.25) is 0 Å². The van der Waals surface area contributed by atoms with E-state index in [-0.39, 0.29) is 28.3 Å². The molecule has 1 unspecified atom stereocenters. The molecule has 3 fully saturated rings. The first-order valence-corrected chi connectivity index (χ1v) is 14.4. The molecule has 0 aliphatic carbocycles. The van der Waals surface area contributed by atoms with Crippen molar-refractivity contribution in [3.05, 3.63) is 65.9 Å². The number of pyridine rings is 1. The van der Waals surface area contributed by atoms with E-state index in [9.17, 15) is 9.65 Å². The monoisotopic (exact) mass is 577 g/mol. The number of anilines is 1. The fraction of sp³-hybridized carbons (Fsp3) is 0.333. The summed E-state index contributed by atoms with van der Waals surface area (Å²) in [5, 5.41) is 10.9. The molecule has 0 amide bonds. The quantitative estimate of drug-likeness (QED) is 0.189. The number of nitriles is 1. The molecular formula is C33H29F2N7O. The lowest BCUT2D eigenvalue weighted by molar-refractivity contribution is 0.108. The van der Waals surface area contributed by atoms with Gasteiger partial charge in [0.1, 0.15) is 29.5 Å². The van der Waals surface area contributed by atoms with Crippen LogP contribution < -0.4 is 9.64 Å². The Bertz CT molecular complexity index is 1870. The van der Waals surface area contributed by atoms with E-state index in [1.54, 1.807) is 35.4 Å². The molecule has 216 valence electrons. The van der Waals surface area contributed by atoms with Crippen molar-refractivity contribution in [3.8, 4) is 35.8 Å². The first kappa shape index (κ1) is 27.1. The molecule has 0 N–H and O–H groups in total. The number of halogens is 2. The molecule has 2 aromatic carbocycles. The summed E-state index contributed by atoms with van der Waals surface area (Å²) in [6.07, 6.45) is 12.3. The van der Waals surface area contributed by atoms with Crippen molar-refractivity contribution < 1.29 is 13.5 Å². The summed E-state index contributed by atoms with van der Waals surface area (Å²) in [6.45, 7) is 8.49. The summed E-state index contributed by atoms with van der Waals surface area (Å²) < 4.78 is 37.6. The predicted molar refractivity (Wildman–Crippen MR) is 160 cm³/mol. The third kappa shape index (κ3) is 4.50. The van der Waals surface area contributed by atoms with E-state index in [1.807, 2.05) is 4.90 Å². The largest absolute Gasteiger partial charge is 0.461 e. The number of ether oxygens (including phenoxy) is 1. The van der Waals surface area contributed by atoms with Gasteiger partial charge in [0.05, 0.1) is 16.5 Å². The Morgan fingerprint density at radius 3 is 2.72 bits per heavy atom. The minimum Gasteiger partial charge on any atom is -0.461 e. The normalized spacial score (nSPS) is 20.4. The zero-order valence-electron chi connectivity index (χ0n) is 23.6. The number of nitrogens with zero attached hydrogens (tertiary/aromatic N) is 7. The van der Waals surface area contributed by atoms with Crippen LogP contribution in [-0.4, -0.2) is 76.2 Å². The van der Waals surface area contributed by atoms with Gasteiger partial charge in [-0.05, 0) is 37.3 Å². The zero-order valence-corrected chi connectivity index (χ0v) is 23.6. The minimum absolute atomic E-state index is 0.0118. The average Bonchev–Trinajstić information content (AvgIpc) is 3.55. The Morgan fingerprint density at radius 1 is 1.09 bits per heavy atom. The first-order chi connectivity index (χ1) is 20.9. The van der Waals surface area contributed by atoms with Crippen LogP contribution in [0.4, 0.5) is 14.6 Å². The Labute approximate surface area is 248 Å². The maximum absolute atomic E-state index is 16.6. The Hall–Kier alpha value is -4.80. The summed E-state index contributed by atoms with van der Waals surface area (Å²) in [5.41, 5.74) is 1.51. The Kier molecular flexibility index (Phi) is 6.60. The smallest absolute Gasteiger partial charge is 0.319 e. The molecule has 2 aromatic heterocycles. The second kappa shape index (κ2) is 10.5. The topological polar surface area (TPSA) is 81.4 Å². The van der Waals surface area contributed by atoms with Crippen LogP contribution in [0.1, 0.15) is 24.8 Å². The number of aromatic nitrogens is 3. The van der Waals surface area contributed by atoms with E-state index < -0.39 is 11.6 Å². The molecule has 3 saturated heterocycles. The zero-order chi connectivity index (χ0) is 29.7. The van der Waals surface area contributed by atoms with Crippen molar-refractivity contribution in [1.29, 1.82) is 5.26 Å². The van der Waals surface area contributed by atoms with Crippen molar-refractivity contribution >= 4 is 27.5 Å². The highest BCUT2D eigenvalue weighted by Gasteiger charge is 2.46. The third-order valence-electron chi connectivity index (χ3n) is 8.96. The maximum Gasteiger partial charge on any atom is 0.319 e. The van der Waals surface area contributed by atoms with Crippen LogP contribution in [0.15, 0.2) is 48.7 Å². The average molecular weight is 578 g/mol. The molecule has 0 spiro atoms. The highest BCUT2D eigenvalue weighted by atomic mass is 19.1. The van der Waals surface area contributed by atoms with E-state index in [0.29, 0.717) is 60.3 Å². The van der Waals surface area contributed by atoms with Crippen LogP contribution in [0.3, 0.4) is 0 Å². The molecule has 0 radical (unpaired) electrons. The van der Waals surface area contributed by atoms with Gasteiger partial charge in [0.25, 0.3) is 0 Å². The van der Waals surface area contributed by atoms with Crippen molar-refractivity contribution in [3.63, 3.8) is 0 Å². The first-order valence-electron chi connectivity index (χ1n) is 14.4. The van der Waals surface area contributed by atoms with Gasteiger partial charge in [0.15, 0.2) is 12.0 Å². The second-order valence-corrected chi connectivity index (χ2v) is 11.5. The number of hydrogen-bond acceptors (Lipinski definition) is 8. The number of hydrogen-bond donors (Lipinski definition) is 0. The third-order valence-corrected chi connectivity index (χ3v) is 8.96. The molecule has 43 heavy (non-hydrogen) atoms. The van der Waals surface area contributed by atoms with E-state index in [0.717, 1.165) is 32.4 Å². The van der Waals surface area contributed by atoms with Crippen LogP contribution in [-0.2, 0) is 0 Å². The van der Waals surface area contributed by atoms with Gasteiger partial charge in [0, 0.05) is 49.9 Å². The van der Waals surface area contributed by atoms with Gasteiger partial charge in [-0.25, -0.2) is 8.78 Å².